The zero-order valence-electron chi connectivity index (χ0n) is 16.1. The van der Waals surface area contributed by atoms with Gasteiger partial charge in [-0.05, 0) is 74.7 Å². The normalized spacial score (nSPS) is 12.0. The van der Waals surface area contributed by atoms with Crippen LogP contribution in [-0.4, -0.2) is 27.7 Å². The van der Waals surface area contributed by atoms with Gasteiger partial charge in [0.25, 0.3) is 0 Å². The standard InChI is InChI=1S/C21H22ClN3O3S/c1-15(5-4-12-23-3)14-24-21(26)25-18-7-9-19(10-8-18)29(27,28)20-11-6-17(22)13-16(20)2/h4-13H,3,14H2,1-2H3,(H2,24,25,26)/b12-4-,15-5+. The highest BCUT2D eigenvalue weighted by atomic mass is 35.5. The molecule has 0 spiro atoms. The molecule has 0 unspecified atom stereocenters. The predicted molar refractivity (Wildman–Crippen MR) is 118 cm³/mol. The van der Waals surface area contributed by atoms with E-state index in [2.05, 4.69) is 22.3 Å². The summed E-state index contributed by atoms with van der Waals surface area (Å²) < 4.78 is 25.6. The smallest absolute Gasteiger partial charge is 0.319 e. The van der Waals surface area contributed by atoms with Gasteiger partial charge in [0.1, 0.15) is 0 Å². The minimum Gasteiger partial charge on any atom is -0.334 e. The van der Waals surface area contributed by atoms with Crippen LogP contribution in [0.25, 0.3) is 0 Å². The zero-order valence-corrected chi connectivity index (χ0v) is 17.7. The Balaban J connectivity index is 2.04. The quantitative estimate of drug-likeness (QED) is 0.489. The first-order valence-electron chi connectivity index (χ1n) is 8.68. The molecule has 0 aliphatic carbocycles. The second-order valence-electron chi connectivity index (χ2n) is 6.28. The van der Waals surface area contributed by atoms with Gasteiger partial charge in [0.15, 0.2) is 0 Å². The summed E-state index contributed by atoms with van der Waals surface area (Å²) in [6, 6.07) is 10.2. The number of sulfone groups is 1. The van der Waals surface area contributed by atoms with Gasteiger partial charge in [-0.1, -0.05) is 23.3 Å². The highest BCUT2D eigenvalue weighted by Gasteiger charge is 2.20. The molecule has 0 bridgehead atoms. The first kappa shape index (κ1) is 22.4. The first-order chi connectivity index (χ1) is 13.7. The summed E-state index contributed by atoms with van der Waals surface area (Å²) in [5.74, 6) is 0. The third-order valence-electron chi connectivity index (χ3n) is 3.95. The Morgan fingerprint density at radius 3 is 2.52 bits per heavy atom. The number of benzene rings is 2. The molecule has 2 aromatic rings. The van der Waals surface area contributed by atoms with Crippen molar-refractivity contribution in [3.63, 3.8) is 0 Å². The van der Waals surface area contributed by atoms with Crippen LogP contribution < -0.4 is 10.6 Å². The lowest BCUT2D eigenvalue weighted by molar-refractivity contribution is 0.253. The van der Waals surface area contributed by atoms with Crippen molar-refractivity contribution in [2.75, 3.05) is 11.9 Å². The van der Waals surface area contributed by atoms with Crippen LogP contribution in [0, 0.1) is 6.92 Å². The fourth-order valence-corrected chi connectivity index (χ4v) is 4.19. The molecule has 2 aromatic carbocycles. The summed E-state index contributed by atoms with van der Waals surface area (Å²) in [6.07, 6.45) is 5.08. The molecule has 0 saturated heterocycles. The Bertz CT molecular complexity index is 1060. The van der Waals surface area contributed by atoms with E-state index in [4.69, 9.17) is 11.6 Å². The molecule has 0 aliphatic rings. The molecule has 152 valence electrons. The van der Waals surface area contributed by atoms with Crippen molar-refractivity contribution in [3.8, 4) is 0 Å². The van der Waals surface area contributed by atoms with Crippen molar-refractivity contribution in [2.24, 2.45) is 4.99 Å². The average Bonchev–Trinajstić information content (AvgIpc) is 2.67. The monoisotopic (exact) mass is 431 g/mol. The molecule has 0 saturated carbocycles. The lowest BCUT2D eigenvalue weighted by Gasteiger charge is -2.10. The Hall–Kier alpha value is -2.90. The van der Waals surface area contributed by atoms with E-state index in [0.29, 0.717) is 22.8 Å². The number of rotatable bonds is 7. The molecular weight excluding hydrogens is 410 g/mol. The molecule has 0 aliphatic heterocycles. The molecule has 0 fully saturated rings. The van der Waals surface area contributed by atoms with Crippen molar-refractivity contribution >= 4 is 39.9 Å². The Kier molecular flexibility index (Phi) is 7.75. The molecule has 0 radical (unpaired) electrons. The molecule has 0 heterocycles. The molecule has 29 heavy (non-hydrogen) atoms. The van der Waals surface area contributed by atoms with Crippen molar-refractivity contribution in [1.29, 1.82) is 0 Å². The van der Waals surface area contributed by atoms with E-state index in [1.54, 1.807) is 43.5 Å². The van der Waals surface area contributed by atoms with E-state index >= 15 is 0 Å². The third-order valence-corrected chi connectivity index (χ3v) is 6.11. The number of halogens is 1. The van der Waals surface area contributed by atoms with Crippen LogP contribution >= 0.6 is 11.6 Å². The molecule has 2 amide bonds. The van der Waals surface area contributed by atoms with Crippen LogP contribution in [0.2, 0.25) is 5.02 Å². The number of allylic oxidation sites excluding steroid dienone is 2. The first-order valence-corrected chi connectivity index (χ1v) is 10.5. The lowest BCUT2D eigenvalue weighted by atomic mass is 10.2. The van der Waals surface area contributed by atoms with E-state index < -0.39 is 15.9 Å². The van der Waals surface area contributed by atoms with Crippen LogP contribution in [0.1, 0.15) is 12.5 Å². The average molecular weight is 432 g/mol. The summed E-state index contributed by atoms with van der Waals surface area (Å²) in [4.78, 5) is 15.9. The Labute approximate surface area is 175 Å². The van der Waals surface area contributed by atoms with Crippen LogP contribution in [0.3, 0.4) is 0 Å². The molecular formula is C21H22ClN3O3S. The maximum absolute atomic E-state index is 12.8. The minimum atomic E-state index is -3.68. The van der Waals surface area contributed by atoms with Crippen molar-refractivity contribution < 1.29 is 13.2 Å². The van der Waals surface area contributed by atoms with Gasteiger partial charge in [0.05, 0.1) is 9.79 Å². The third kappa shape index (κ3) is 6.30. The summed E-state index contributed by atoms with van der Waals surface area (Å²) >= 11 is 5.90. The SMILES string of the molecule is C=N/C=C\C=C(/C)CNC(=O)Nc1ccc(S(=O)(=O)c2ccc(Cl)cc2C)cc1. The van der Waals surface area contributed by atoms with Crippen molar-refractivity contribution in [1.82, 2.24) is 5.32 Å². The van der Waals surface area contributed by atoms with Gasteiger partial charge >= 0.3 is 6.03 Å². The molecule has 0 atom stereocenters. The number of hydrogen-bond acceptors (Lipinski definition) is 4. The second-order valence-corrected chi connectivity index (χ2v) is 8.64. The number of aliphatic imine (C=N–C) groups is 1. The van der Waals surface area contributed by atoms with E-state index in [0.717, 1.165) is 5.57 Å². The van der Waals surface area contributed by atoms with E-state index in [1.807, 2.05) is 13.0 Å². The number of aryl methyl sites for hydroxylation is 1. The van der Waals surface area contributed by atoms with E-state index in [1.165, 1.54) is 18.2 Å². The summed E-state index contributed by atoms with van der Waals surface area (Å²) in [5, 5.41) is 5.86. The van der Waals surface area contributed by atoms with Gasteiger partial charge in [-0.25, -0.2) is 13.2 Å². The summed E-state index contributed by atoms with van der Waals surface area (Å²) in [7, 11) is -3.68. The molecule has 2 rings (SSSR count). The Morgan fingerprint density at radius 2 is 1.90 bits per heavy atom. The molecule has 2 N–H and O–H groups in total. The largest absolute Gasteiger partial charge is 0.334 e. The predicted octanol–water partition coefficient (Wildman–Crippen LogP) is 4.76. The molecule has 6 nitrogen and oxygen atoms in total. The second kappa shape index (κ2) is 10.0. The highest BCUT2D eigenvalue weighted by Crippen LogP contribution is 2.26. The van der Waals surface area contributed by atoms with Gasteiger partial charge in [-0.2, -0.15) is 0 Å². The van der Waals surface area contributed by atoms with Crippen molar-refractivity contribution in [2.45, 2.75) is 23.6 Å². The molecule has 8 heteroatoms. The number of anilines is 1. The van der Waals surface area contributed by atoms with Crippen LogP contribution in [0.15, 0.2) is 81.2 Å². The van der Waals surface area contributed by atoms with Gasteiger partial charge in [0, 0.05) is 23.5 Å². The van der Waals surface area contributed by atoms with Gasteiger partial charge in [0.2, 0.25) is 9.84 Å². The van der Waals surface area contributed by atoms with Gasteiger partial charge in [-0.3, -0.25) is 4.99 Å². The number of nitrogens with one attached hydrogen (secondary N) is 2. The fraction of sp³-hybridized carbons (Fsp3) is 0.143. The van der Waals surface area contributed by atoms with Crippen molar-refractivity contribution in [3.05, 3.63) is 77.0 Å². The minimum absolute atomic E-state index is 0.135. The summed E-state index contributed by atoms with van der Waals surface area (Å²) in [6.45, 7) is 7.25. The number of carbonyl (C=O) groups excluding carboxylic acids is 1. The topological polar surface area (TPSA) is 87.6 Å². The maximum atomic E-state index is 12.8. The fourth-order valence-electron chi connectivity index (χ4n) is 2.48. The Morgan fingerprint density at radius 1 is 1.21 bits per heavy atom. The number of hydrogen-bond donors (Lipinski definition) is 2. The lowest BCUT2D eigenvalue weighted by Crippen LogP contribution is -2.29. The van der Waals surface area contributed by atoms with Gasteiger partial charge < -0.3 is 10.6 Å². The number of carbonyl (C=O) groups is 1. The molecule has 0 aromatic heterocycles. The zero-order chi connectivity index (χ0) is 21.4. The number of amides is 2. The summed E-state index contributed by atoms with van der Waals surface area (Å²) in [5.41, 5.74) is 1.98. The highest BCUT2D eigenvalue weighted by molar-refractivity contribution is 7.91. The maximum Gasteiger partial charge on any atom is 0.319 e. The van der Waals surface area contributed by atoms with Crippen LogP contribution in [0.4, 0.5) is 10.5 Å². The van der Waals surface area contributed by atoms with E-state index in [9.17, 15) is 13.2 Å². The number of nitrogens with zero attached hydrogens (tertiary/aromatic N) is 1. The van der Waals surface area contributed by atoms with Crippen LogP contribution in [-0.2, 0) is 9.84 Å². The number of urea groups is 1. The van der Waals surface area contributed by atoms with Crippen LogP contribution in [0.5, 0.6) is 0 Å². The van der Waals surface area contributed by atoms with E-state index in [-0.39, 0.29) is 9.79 Å². The van der Waals surface area contributed by atoms with Gasteiger partial charge in [-0.15, -0.1) is 0 Å².